The summed E-state index contributed by atoms with van der Waals surface area (Å²) in [6.07, 6.45) is 1.29. The van der Waals surface area contributed by atoms with Crippen molar-refractivity contribution in [2.24, 2.45) is 4.40 Å². The fourth-order valence-electron chi connectivity index (χ4n) is 2.95. The number of nitrogens with zero attached hydrogens (tertiary/aromatic N) is 2. The Morgan fingerprint density at radius 2 is 1.68 bits per heavy atom. The minimum atomic E-state index is -3.95. The third-order valence-corrected chi connectivity index (χ3v) is 5.93. The number of benzene rings is 2. The standard InChI is InChI=1S/C21H23N3O6S/c1-14-18(21(25)22-16-7-10-19(29-3)20(11-16)30-4)13-24(31(26,27)23-14)12-15-5-8-17(28-2)9-6-15/h5-11,13H,12H2,1-4H3,(H,22,25). The first-order valence-electron chi connectivity index (χ1n) is 9.24. The fraction of sp³-hybridized carbons (Fsp3) is 0.238. The molecule has 1 aliphatic rings. The van der Waals surface area contributed by atoms with E-state index in [1.54, 1.807) is 49.6 Å². The molecule has 0 atom stereocenters. The molecule has 0 saturated carbocycles. The van der Waals surface area contributed by atoms with Crippen LogP contribution in [-0.4, -0.2) is 45.7 Å². The molecule has 0 spiro atoms. The van der Waals surface area contributed by atoms with Crippen LogP contribution in [0, 0.1) is 0 Å². The number of ether oxygens (including phenoxy) is 3. The number of hydrogen-bond donors (Lipinski definition) is 1. The van der Waals surface area contributed by atoms with Crippen molar-refractivity contribution >= 4 is 27.5 Å². The summed E-state index contributed by atoms with van der Waals surface area (Å²) >= 11 is 0. The van der Waals surface area contributed by atoms with Crippen molar-refractivity contribution in [3.05, 3.63) is 59.8 Å². The van der Waals surface area contributed by atoms with E-state index >= 15 is 0 Å². The Bertz CT molecular complexity index is 1140. The summed E-state index contributed by atoms with van der Waals surface area (Å²) in [5.41, 5.74) is 1.42. The zero-order valence-corrected chi connectivity index (χ0v) is 18.4. The largest absolute Gasteiger partial charge is 0.497 e. The lowest BCUT2D eigenvalue weighted by Crippen LogP contribution is -2.32. The van der Waals surface area contributed by atoms with Crippen molar-refractivity contribution < 1.29 is 27.4 Å². The van der Waals surface area contributed by atoms with Crippen molar-refractivity contribution in [1.29, 1.82) is 0 Å². The molecule has 1 aliphatic heterocycles. The van der Waals surface area contributed by atoms with Gasteiger partial charge in [0.1, 0.15) is 5.75 Å². The van der Waals surface area contributed by atoms with Gasteiger partial charge in [-0.1, -0.05) is 12.1 Å². The van der Waals surface area contributed by atoms with Crippen LogP contribution in [0.25, 0.3) is 0 Å². The smallest absolute Gasteiger partial charge is 0.344 e. The zero-order valence-electron chi connectivity index (χ0n) is 17.6. The summed E-state index contributed by atoms with van der Waals surface area (Å²) in [7, 11) is 0.607. The van der Waals surface area contributed by atoms with Crippen molar-refractivity contribution in [1.82, 2.24) is 4.31 Å². The summed E-state index contributed by atoms with van der Waals surface area (Å²) < 4.78 is 45.3. The number of hydrogen-bond acceptors (Lipinski definition) is 6. The third-order valence-electron chi connectivity index (χ3n) is 4.60. The summed E-state index contributed by atoms with van der Waals surface area (Å²) in [6.45, 7) is 1.50. The highest BCUT2D eigenvalue weighted by atomic mass is 32.2. The number of anilines is 1. The van der Waals surface area contributed by atoms with Crippen LogP contribution in [0.2, 0.25) is 0 Å². The summed E-state index contributed by atoms with van der Waals surface area (Å²) in [6, 6.07) is 11.9. The van der Waals surface area contributed by atoms with Crippen molar-refractivity contribution in [2.45, 2.75) is 13.5 Å². The van der Waals surface area contributed by atoms with Crippen molar-refractivity contribution in [3.8, 4) is 17.2 Å². The van der Waals surface area contributed by atoms with Crippen LogP contribution in [0.15, 0.2) is 58.6 Å². The van der Waals surface area contributed by atoms with Gasteiger partial charge in [0.25, 0.3) is 5.91 Å². The molecule has 0 unspecified atom stereocenters. The lowest BCUT2D eigenvalue weighted by molar-refractivity contribution is -0.112. The normalized spacial score (nSPS) is 14.9. The van der Waals surface area contributed by atoms with Gasteiger partial charge in [-0.3, -0.25) is 9.10 Å². The Hall–Kier alpha value is -3.53. The highest BCUT2D eigenvalue weighted by Crippen LogP contribution is 2.30. The van der Waals surface area contributed by atoms with E-state index in [4.69, 9.17) is 14.2 Å². The molecule has 2 aromatic rings. The minimum absolute atomic E-state index is 0.0241. The highest BCUT2D eigenvalue weighted by Gasteiger charge is 2.28. The zero-order chi connectivity index (χ0) is 22.6. The molecule has 0 bridgehead atoms. The monoisotopic (exact) mass is 445 g/mol. The van der Waals surface area contributed by atoms with Crippen LogP contribution in [0.5, 0.6) is 17.2 Å². The second-order valence-corrected chi connectivity index (χ2v) is 8.16. The van der Waals surface area contributed by atoms with Crippen LogP contribution < -0.4 is 19.5 Å². The van der Waals surface area contributed by atoms with E-state index in [9.17, 15) is 13.2 Å². The Morgan fingerprint density at radius 1 is 1.00 bits per heavy atom. The molecule has 3 rings (SSSR count). The number of methoxy groups -OCH3 is 3. The summed E-state index contributed by atoms with van der Waals surface area (Å²) in [5, 5.41) is 2.73. The van der Waals surface area contributed by atoms with Crippen molar-refractivity contribution in [3.63, 3.8) is 0 Å². The van der Waals surface area contributed by atoms with Gasteiger partial charge < -0.3 is 19.5 Å². The number of rotatable bonds is 7. The van der Waals surface area contributed by atoms with E-state index in [0.717, 1.165) is 9.87 Å². The molecule has 10 heteroatoms. The van der Waals surface area contributed by atoms with Gasteiger partial charge in [-0.2, -0.15) is 8.42 Å². The molecule has 1 N–H and O–H groups in total. The van der Waals surface area contributed by atoms with Gasteiger partial charge in [0.15, 0.2) is 11.5 Å². The van der Waals surface area contributed by atoms with E-state index in [0.29, 0.717) is 22.9 Å². The fourth-order valence-corrected chi connectivity index (χ4v) is 4.05. The maximum Gasteiger partial charge on any atom is 0.344 e. The maximum atomic E-state index is 12.9. The first kappa shape index (κ1) is 22.2. The van der Waals surface area contributed by atoms with Gasteiger partial charge in [0, 0.05) is 18.0 Å². The highest BCUT2D eigenvalue weighted by molar-refractivity contribution is 7.88. The lowest BCUT2D eigenvalue weighted by atomic mass is 10.1. The number of carbonyl (C=O) groups is 1. The molecule has 31 heavy (non-hydrogen) atoms. The van der Waals surface area contributed by atoms with Crippen LogP contribution in [0.3, 0.4) is 0 Å². The molecule has 2 aromatic carbocycles. The predicted molar refractivity (Wildman–Crippen MR) is 117 cm³/mol. The Kier molecular flexibility index (Phi) is 6.50. The van der Waals surface area contributed by atoms with E-state index in [1.165, 1.54) is 27.3 Å². The Balaban J connectivity index is 1.84. The van der Waals surface area contributed by atoms with E-state index < -0.39 is 16.1 Å². The van der Waals surface area contributed by atoms with Crippen LogP contribution in [0.1, 0.15) is 12.5 Å². The van der Waals surface area contributed by atoms with Gasteiger partial charge >= 0.3 is 10.2 Å². The van der Waals surface area contributed by atoms with Gasteiger partial charge in [0.05, 0.1) is 39.2 Å². The van der Waals surface area contributed by atoms with Crippen LogP contribution >= 0.6 is 0 Å². The van der Waals surface area contributed by atoms with Crippen LogP contribution in [0.4, 0.5) is 5.69 Å². The molecule has 1 heterocycles. The SMILES string of the molecule is COc1ccc(CN2C=C(C(=O)Nc3ccc(OC)c(OC)c3)C(C)=NS2(=O)=O)cc1. The molecule has 1 amide bonds. The average Bonchev–Trinajstić information content (AvgIpc) is 2.75. The molecular weight excluding hydrogens is 422 g/mol. The summed E-state index contributed by atoms with van der Waals surface area (Å²) in [4.78, 5) is 12.9. The van der Waals surface area contributed by atoms with Crippen LogP contribution in [-0.2, 0) is 21.5 Å². The molecule has 164 valence electrons. The first-order chi connectivity index (χ1) is 14.8. The van der Waals surface area contributed by atoms with Gasteiger partial charge in [-0.05, 0) is 36.8 Å². The molecule has 0 aromatic heterocycles. The number of amides is 1. The second kappa shape index (κ2) is 9.09. The minimum Gasteiger partial charge on any atom is -0.497 e. The lowest BCUT2D eigenvalue weighted by Gasteiger charge is -2.24. The molecular formula is C21H23N3O6S. The molecule has 0 fully saturated rings. The maximum absolute atomic E-state index is 12.9. The van der Waals surface area contributed by atoms with Crippen molar-refractivity contribution in [2.75, 3.05) is 26.6 Å². The number of carbonyl (C=O) groups excluding carboxylic acids is 1. The predicted octanol–water partition coefficient (Wildman–Crippen LogP) is 2.76. The Labute approximate surface area is 181 Å². The van der Waals surface area contributed by atoms with Gasteiger partial charge in [-0.25, -0.2) is 0 Å². The first-order valence-corrected chi connectivity index (χ1v) is 10.6. The summed E-state index contributed by atoms with van der Waals surface area (Å²) in [5.74, 6) is 1.13. The number of nitrogens with one attached hydrogen (secondary N) is 1. The topological polar surface area (TPSA) is 107 Å². The van der Waals surface area contributed by atoms with Gasteiger partial charge in [-0.15, -0.1) is 4.40 Å². The quantitative estimate of drug-likeness (QED) is 0.702. The molecule has 0 radical (unpaired) electrons. The average molecular weight is 445 g/mol. The molecule has 0 aliphatic carbocycles. The second-order valence-electron chi connectivity index (χ2n) is 6.61. The van der Waals surface area contributed by atoms with Gasteiger partial charge in [0.2, 0.25) is 0 Å². The Morgan fingerprint density at radius 3 is 2.29 bits per heavy atom. The third kappa shape index (κ3) is 4.97. The molecule has 9 nitrogen and oxygen atoms in total. The van der Waals surface area contributed by atoms with E-state index in [-0.39, 0.29) is 17.8 Å². The van der Waals surface area contributed by atoms with E-state index in [2.05, 4.69) is 9.71 Å². The molecule has 0 saturated heterocycles. The van der Waals surface area contributed by atoms with E-state index in [1.807, 2.05) is 0 Å².